The zero-order chi connectivity index (χ0) is 15.5. The second-order valence-corrected chi connectivity index (χ2v) is 6.09. The number of aliphatic hydroxyl groups is 1. The van der Waals surface area contributed by atoms with Crippen molar-refractivity contribution < 1.29 is 9.84 Å². The molecule has 2 heterocycles. The molecule has 0 spiro atoms. The first kappa shape index (κ1) is 15.2. The van der Waals surface area contributed by atoms with E-state index in [1.54, 1.807) is 13.3 Å². The van der Waals surface area contributed by atoms with Gasteiger partial charge in [-0.1, -0.05) is 0 Å². The second kappa shape index (κ2) is 6.58. The third-order valence-electron chi connectivity index (χ3n) is 4.78. The first-order valence-corrected chi connectivity index (χ1v) is 7.89. The Bertz CT molecular complexity index is 639. The maximum atomic E-state index is 9.97. The molecule has 5 nitrogen and oxygen atoms in total. The summed E-state index contributed by atoms with van der Waals surface area (Å²) >= 11 is 0. The van der Waals surface area contributed by atoms with E-state index >= 15 is 0 Å². The predicted octanol–water partition coefficient (Wildman–Crippen LogP) is 2.23. The quantitative estimate of drug-likeness (QED) is 0.905. The van der Waals surface area contributed by atoms with Gasteiger partial charge in [0, 0.05) is 24.2 Å². The fourth-order valence-electron chi connectivity index (χ4n) is 3.49. The zero-order valence-electron chi connectivity index (χ0n) is 12.9. The monoisotopic (exact) mass is 301 g/mol. The van der Waals surface area contributed by atoms with Crippen molar-refractivity contribution in [1.29, 1.82) is 0 Å². The van der Waals surface area contributed by atoms with Gasteiger partial charge in [-0.2, -0.15) is 0 Å². The van der Waals surface area contributed by atoms with Crippen molar-refractivity contribution in [2.45, 2.75) is 37.6 Å². The molecule has 5 heteroatoms. The lowest BCUT2D eigenvalue weighted by Crippen LogP contribution is -2.30. The Morgan fingerprint density at radius 2 is 2.05 bits per heavy atom. The number of hydrogen-bond donors (Lipinski definition) is 2. The number of fused-ring (bicyclic) bond motifs is 1. The predicted molar refractivity (Wildman–Crippen MR) is 85.9 cm³/mol. The van der Waals surface area contributed by atoms with E-state index in [4.69, 9.17) is 10.5 Å². The summed E-state index contributed by atoms with van der Waals surface area (Å²) in [6.07, 6.45) is 5.96. The minimum Gasteiger partial charge on any atom is -0.481 e. The standard InChI is InChI=1S/C17H23N3O2/c1-22-16-7-6-15-17(20-16)13(8-9-19-15)14(10-21)11-2-4-12(18)5-3-11/h6-9,11-12,14,21H,2-5,10,18H2,1H3. The fourth-order valence-corrected chi connectivity index (χ4v) is 3.49. The first-order valence-electron chi connectivity index (χ1n) is 7.89. The topological polar surface area (TPSA) is 81.3 Å². The van der Waals surface area contributed by atoms with Crippen molar-refractivity contribution in [3.8, 4) is 5.88 Å². The van der Waals surface area contributed by atoms with Crippen LogP contribution < -0.4 is 10.5 Å². The summed E-state index contributed by atoms with van der Waals surface area (Å²) in [7, 11) is 1.61. The van der Waals surface area contributed by atoms with Gasteiger partial charge in [-0.05, 0) is 49.3 Å². The van der Waals surface area contributed by atoms with Crippen LogP contribution in [0.5, 0.6) is 5.88 Å². The summed E-state index contributed by atoms with van der Waals surface area (Å²) in [4.78, 5) is 8.92. The van der Waals surface area contributed by atoms with Crippen LogP contribution in [0, 0.1) is 5.92 Å². The minimum atomic E-state index is 0.0811. The summed E-state index contributed by atoms with van der Waals surface area (Å²) in [6.45, 7) is 0.123. The molecule has 1 fully saturated rings. The number of ether oxygens (including phenoxy) is 1. The molecule has 22 heavy (non-hydrogen) atoms. The SMILES string of the molecule is COc1ccc2nccc(C(CO)C3CCC(N)CC3)c2n1. The number of aromatic nitrogens is 2. The number of hydrogen-bond acceptors (Lipinski definition) is 5. The van der Waals surface area contributed by atoms with E-state index in [9.17, 15) is 5.11 Å². The summed E-state index contributed by atoms with van der Waals surface area (Å²) in [5.74, 6) is 1.10. The van der Waals surface area contributed by atoms with E-state index in [0.29, 0.717) is 17.8 Å². The molecule has 0 aromatic carbocycles. The van der Waals surface area contributed by atoms with Crippen LogP contribution in [-0.2, 0) is 0 Å². The Kier molecular flexibility index (Phi) is 4.55. The van der Waals surface area contributed by atoms with Gasteiger partial charge < -0.3 is 15.6 Å². The van der Waals surface area contributed by atoms with Crippen LogP contribution in [0.15, 0.2) is 24.4 Å². The third-order valence-corrected chi connectivity index (χ3v) is 4.78. The van der Waals surface area contributed by atoms with Gasteiger partial charge in [-0.25, -0.2) is 4.98 Å². The smallest absolute Gasteiger partial charge is 0.213 e. The number of pyridine rings is 2. The average Bonchev–Trinajstić information content (AvgIpc) is 2.57. The van der Waals surface area contributed by atoms with Crippen LogP contribution in [0.25, 0.3) is 11.0 Å². The van der Waals surface area contributed by atoms with E-state index in [1.807, 2.05) is 18.2 Å². The van der Waals surface area contributed by atoms with Crippen molar-refractivity contribution in [3.63, 3.8) is 0 Å². The van der Waals surface area contributed by atoms with Gasteiger partial charge in [0.2, 0.25) is 5.88 Å². The van der Waals surface area contributed by atoms with Gasteiger partial charge in [0.1, 0.15) is 0 Å². The van der Waals surface area contributed by atoms with Crippen LogP contribution in [0.3, 0.4) is 0 Å². The molecular weight excluding hydrogens is 278 g/mol. The van der Waals surface area contributed by atoms with E-state index in [1.165, 1.54) is 0 Å². The molecule has 1 unspecified atom stereocenters. The lowest BCUT2D eigenvalue weighted by molar-refractivity contribution is 0.191. The molecule has 0 saturated heterocycles. The highest BCUT2D eigenvalue weighted by atomic mass is 16.5. The minimum absolute atomic E-state index is 0.0811. The van der Waals surface area contributed by atoms with Crippen LogP contribution in [0.1, 0.15) is 37.2 Å². The molecule has 1 atom stereocenters. The Balaban J connectivity index is 1.99. The number of nitrogens with zero attached hydrogens (tertiary/aromatic N) is 2. The van der Waals surface area contributed by atoms with E-state index in [-0.39, 0.29) is 12.5 Å². The Morgan fingerprint density at radius 3 is 2.73 bits per heavy atom. The molecule has 3 N–H and O–H groups in total. The highest BCUT2D eigenvalue weighted by Gasteiger charge is 2.28. The third kappa shape index (κ3) is 2.91. The average molecular weight is 301 g/mol. The van der Waals surface area contributed by atoms with E-state index in [2.05, 4.69) is 9.97 Å². The summed E-state index contributed by atoms with van der Waals surface area (Å²) in [5, 5.41) is 9.97. The summed E-state index contributed by atoms with van der Waals surface area (Å²) in [5.41, 5.74) is 8.73. The highest BCUT2D eigenvalue weighted by Crippen LogP contribution is 2.37. The van der Waals surface area contributed by atoms with Crippen molar-refractivity contribution in [2.24, 2.45) is 11.7 Å². The summed E-state index contributed by atoms with van der Waals surface area (Å²) < 4.78 is 5.23. The molecule has 1 saturated carbocycles. The maximum Gasteiger partial charge on any atom is 0.213 e. The largest absolute Gasteiger partial charge is 0.481 e. The molecule has 1 aliphatic carbocycles. The van der Waals surface area contributed by atoms with Gasteiger partial charge in [0.05, 0.1) is 24.8 Å². The van der Waals surface area contributed by atoms with Crippen molar-refractivity contribution in [2.75, 3.05) is 13.7 Å². The Hall–Kier alpha value is -1.72. The van der Waals surface area contributed by atoms with E-state index in [0.717, 1.165) is 42.3 Å². The first-order chi connectivity index (χ1) is 10.7. The Labute approximate surface area is 130 Å². The molecule has 3 rings (SSSR count). The van der Waals surface area contributed by atoms with Gasteiger partial charge in [-0.15, -0.1) is 0 Å². The van der Waals surface area contributed by atoms with Crippen molar-refractivity contribution in [1.82, 2.24) is 9.97 Å². The molecule has 2 aromatic rings. The molecule has 118 valence electrons. The van der Waals surface area contributed by atoms with Crippen LogP contribution in [0.4, 0.5) is 0 Å². The van der Waals surface area contributed by atoms with Crippen LogP contribution in [0.2, 0.25) is 0 Å². The normalized spacial score (nSPS) is 23.4. The number of rotatable bonds is 4. The molecule has 2 aromatic heterocycles. The molecule has 1 aliphatic rings. The van der Waals surface area contributed by atoms with E-state index < -0.39 is 0 Å². The number of methoxy groups -OCH3 is 1. The molecule has 0 radical (unpaired) electrons. The Morgan fingerprint density at radius 1 is 1.27 bits per heavy atom. The van der Waals surface area contributed by atoms with Gasteiger partial charge in [0.15, 0.2) is 0 Å². The molecule has 0 aliphatic heterocycles. The van der Waals surface area contributed by atoms with Crippen LogP contribution in [-0.4, -0.2) is 34.8 Å². The van der Waals surface area contributed by atoms with Gasteiger partial charge in [-0.3, -0.25) is 4.98 Å². The number of aliphatic hydroxyl groups excluding tert-OH is 1. The lowest BCUT2D eigenvalue weighted by Gasteiger charge is -2.32. The van der Waals surface area contributed by atoms with Gasteiger partial charge >= 0.3 is 0 Å². The molecular formula is C17H23N3O2. The van der Waals surface area contributed by atoms with Crippen molar-refractivity contribution in [3.05, 3.63) is 30.0 Å². The van der Waals surface area contributed by atoms with Gasteiger partial charge in [0.25, 0.3) is 0 Å². The summed E-state index contributed by atoms with van der Waals surface area (Å²) in [6, 6.07) is 6.01. The lowest BCUT2D eigenvalue weighted by atomic mass is 9.76. The van der Waals surface area contributed by atoms with Crippen molar-refractivity contribution >= 4 is 11.0 Å². The zero-order valence-corrected chi connectivity index (χ0v) is 12.9. The highest BCUT2D eigenvalue weighted by molar-refractivity contribution is 5.78. The van der Waals surface area contributed by atoms with Crippen LogP contribution >= 0.6 is 0 Å². The molecule has 0 bridgehead atoms. The number of nitrogens with two attached hydrogens (primary N) is 1. The maximum absolute atomic E-state index is 9.97. The fraction of sp³-hybridized carbons (Fsp3) is 0.529. The second-order valence-electron chi connectivity index (χ2n) is 6.09. The molecule has 0 amide bonds.